The van der Waals surface area contributed by atoms with Crippen molar-refractivity contribution >= 4 is 38.9 Å². The molecular weight excluding hydrogens is 1000 g/mol. The van der Waals surface area contributed by atoms with E-state index in [0.717, 1.165) is 63.9 Å². The molecule has 9 rings (SSSR count). The molecule has 6 heteroatoms. The summed E-state index contributed by atoms with van der Waals surface area (Å²) >= 11 is 0. The minimum atomic E-state index is -0.00554. The Kier molecular flexibility index (Phi) is 13.4. The van der Waals surface area contributed by atoms with Gasteiger partial charge in [-0.1, -0.05) is 148 Å². The van der Waals surface area contributed by atoms with Crippen LogP contribution in [0.2, 0.25) is 0 Å². The van der Waals surface area contributed by atoms with Crippen LogP contribution in [0.3, 0.4) is 0 Å². The van der Waals surface area contributed by atoms with Crippen molar-refractivity contribution in [3.05, 3.63) is 186 Å². The Labute approximate surface area is 414 Å². The first kappa shape index (κ1) is 47.8. The van der Waals surface area contributed by atoms with Crippen molar-refractivity contribution < 1.29 is 25.8 Å². The zero-order valence-electron chi connectivity index (χ0n) is 41.2. The van der Waals surface area contributed by atoms with Gasteiger partial charge in [-0.2, -0.15) is 37.0 Å². The van der Waals surface area contributed by atoms with Crippen LogP contribution in [0.1, 0.15) is 122 Å². The van der Waals surface area contributed by atoms with Crippen LogP contribution >= 0.6 is 0 Å². The minimum Gasteiger partial charge on any atom is -0.517 e. The molecule has 1 aliphatic rings. The van der Waals surface area contributed by atoms with Gasteiger partial charge in [0.25, 0.3) is 0 Å². The quantitative estimate of drug-likeness (QED) is 0.121. The number of hydrogen-bond donors (Lipinski definition) is 0. The number of hydrogen-bond acceptors (Lipinski definition) is 4. The number of aromatic nitrogens is 2. The Bertz CT molecular complexity index is 3020. The second kappa shape index (κ2) is 18.8. The molecule has 0 fully saturated rings. The second-order valence-electron chi connectivity index (χ2n) is 21.5. The molecule has 0 bridgehead atoms. The number of rotatable bonds is 11. The number of fused-ring (bicyclic) bond motifs is 4. The standard InChI is InChI=1S/C61H65N4O.Pt/c1-41(2)49-22-17-23-50(43-34-45(60(6,7)8)36-46(35-43)61(9,10)11)51(49)24-18-32-63-40-64(56-27-15-14-26-55(56)63)47-20-16-19-42(33-47)39-66-48-28-29-53-52-21-12-13-25-54(52)65(57(53)38-48)58-37-44(30-31-62-58)59(3,4)5;/h12-17,19-23,25-31,34-37,40-41H,18,24,32,39H2,1-11H3;/q-3;. The Morgan fingerprint density at radius 2 is 1.34 bits per heavy atom. The zero-order chi connectivity index (χ0) is 46.5. The van der Waals surface area contributed by atoms with Crippen LogP contribution in [0.5, 0.6) is 5.75 Å². The maximum atomic E-state index is 6.52. The van der Waals surface area contributed by atoms with Gasteiger partial charge in [0.1, 0.15) is 5.82 Å². The maximum absolute atomic E-state index is 6.52. The van der Waals surface area contributed by atoms with E-state index >= 15 is 0 Å². The predicted molar refractivity (Wildman–Crippen MR) is 278 cm³/mol. The first-order chi connectivity index (χ1) is 31.4. The second-order valence-corrected chi connectivity index (χ2v) is 21.5. The minimum absolute atomic E-state index is 0. The van der Waals surface area contributed by atoms with Crippen molar-refractivity contribution in [3.8, 4) is 22.7 Å². The molecule has 0 aliphatic carbocycles. The SMILES string of the molecule is CC(C)c1cccc(-c2cc(C(C)(C)C)cc(C(C)(C)C)c2)c1CCCN1[CH-]N(c2[c-]c(COc3[c-]c4c(cc3)c3ccccc3n4-c3cc(C(C)(C)C)ccn3)ccc2)c2ccccc21.[Pt]. The van der Waals surface area contributed by atoms with Crippen LogP contribution in [0, 0.1) is 18.8 Å². The van der Waals surface area contributed by atoms with Gasteiger partial charge in [0.15, 0.2) is 0 Å². The summed E-state index contributed by atoms with van der Waals surface area (Å²) in [6, 6.07) is 53.6. The van der Waals surface area contributed by atoms with E-state index in [2.05, 4.69) is 231 Å². The fraction of sp³-hybridized carbons (Fsp3) is 0.311. The van der Waals surface area contributed by atoms with E-state index in [-0.39, 0.29) is 37.3 Å². The van der Waals surface area contributed by atoms with Gasteiger partial charge in [0.05, 0.1) is 6.61 Å². The number of para-hydroxylation sites is 3. The average molecular weight is 1070 g/mol. The summed E-state index contributed by atoms with van der Waals surface area (Å²) in [7, 11) is 0. The molecule has 0 atom stereocenters. The van der Waals surface area contributed by atoms with Crippen LogP contribution in [0.15, 0.2) is 134 Å². The molecule has 0 N–H and O–H groups in total. The Morgan fingerprint density at radius 1 is 0.657 bits per heavy atom. The molecule has 0 saturated carbocycles. The van der Waals surface area contributed by atoms with Crippen LogP contribution in [-0.2, 0) is 50.3 Å². The topological polar surface area (TPSA) is 33.5 Å². The van der Waals surface area contributed by atoms with Crippen LogP contribution in [0.25, 0.3) is 38.8 Å². The monoisotopic (exact) mass is 1060 g/mol. The van der Waals surface area contributed by atoms with E-state index in [1.165, 1.54) is 44.6 Å². The van der Waals surface area contributed by atoms with Gasteiger partial charge in [0, 0.05) is 49.9 Å². The molecule has 1 aliphatic heterocycles. The maximum Gasteiger partial charge on any atom is 0.135 e. The van der Waals surface area contributed by atoms with Crippen LogP contribution in [0.4, 0.5) is 17.1 Å². The fourth-order valence-electron chi connectivity index (χ4n) is 9.40. The van der Waals surface area contributed by atoms with Crippen LogP contribution in [-0.4, -0.2) is 16.1 Å². The van der Waals surface area contributed by atoms with E-state index in [9.17, 15) is 0 Å². The van der Waals surface area contributed by atoms with E-state index < -0.39 is 0 Å². The molecule has 3 heterocycles. The molecular formula is C61H65N4OPt-3. The van der Waals surface area contributed by atoms with Crippen molar-refractivity contribution in [2.75, 3.05) is 16.3 Å². The van der Waals surface area contributed by atoms with Gasteiger partial charge in [-0.15, -0.1) is 28.8 Å². The van der Waals surface area contributed by atoms with Gasteiger partial charge in [-0.05, 0) is 116 Å². The Morgan fingerprint density at radius 3 is 2.06 bits per heavy atom. The fourth-order valence-corrected chi connectivity index (χ4v) is 9.40. The summed E-state index contributed by atoms with van der Waals surface area (Å²) in [5.74, 6) is 1.98. The summed E-state index contributed by atoms with van der Waals surface area (Å²) in [4.78, 5) is 9.53. The molecule has 0 unspecified atom stereocenters. The average Bonchev–Trinajstić information content (AvgIpc) is 3.83. The first-order valence-corrected chi connectivity index (χ1v) is 23.8. The third kappa shape index (κ3) is 9.86. The summed E-state index contributed by atoms with van der Waals surface area (Å²) in [5.41, 5.74) is 16.0. The third-order valence-corrected chi connectivity index (χ3v) is 13.2. The third-order valence-electron chi connectivity index (χ3n) is 13.2. The van der Waals surface area contributed by atoms with Gasteiger partial charge in [-0.3, -0.25) is 0 Å². The zero-order valence-corrected chi connectivity index (χ0v) is 43.5. The van der Waals surface area contributed by atoms with E-state index in [0.29, 0.717) is 18.3 Å². The van der Waals surface area contributed by atoms with E-state index in [1.807, 2.05) is 12.3 Å². The Hall–Kier alpha value is -5.64. The van der Waals surface area contributed by atoms with Crippen LogP contribution < -0.4 is 14.5 Å². The molecule has 6 aromatic carbocycles. The van der Waals surface area contributed by atoms with Crippen molar-refractivity contribution in [1.82, 2.24) is 9.55 Å². The molecule has 0 radical (unpaired) electrons. The molecule has 5 nitrogen and oxygen atoms in total. The molecule has 348 valence electrons. The molecule has 2 aromatic heterocycles. The molecule has 67 heavy (non-hydrogen) atoms. The Balaban J connectivity index is 0.00000608. The molecule has 8 aromatic rings. The molecule has 0 saturated heterocycles. The summed E-state index contributed by atoms with van der Waals surface area (Å²) < 4.78 is 8.73. The molecule has 0 amide bonds. The number of pyridine rings is 1. The number of anilines is 3. The van der Waals surface area contributed by atoms with Crippen molar-refractivity contribution in [3.63, 3.8) is 0 Å². The van der Waals surface area contributed by atoms with Crippen molar-refractivity contribution in [2.45, 2.75) is 118 Å². The number of benzene rings is 6. The largest absolute Gasteiger partial charge is 0.517 e. The first-order valence-electron chi connectivity index (χ1n) is 23.8. The van der Waals surface area contributed by atoms with E-state index in [1.54, 1.807) is 0 Å². The van der Waals surface area contributed by atoms with E-state index in [4.69, 9.17) is 9.72 Å². The normalized spacial score (nSPS) is 13.1. The summed E-state index contributed by atoms with van der Waals surface area (Å²) in [5, 5.41) is 2.28. The van der Waals surface area contributed by atoms with Gasteiger partial charge in [0.2, 0.25) is 0 Å². The number of ether oxygens (including phenoxy) is 1. The molecule has 0 spiro atoms. The smallest absolute Gasteiger partial charge is 0.135 e. The predicted octanol–water partition coefficient (Wildman–Crippen LogP) is 15.7. The van der Waals surface area contributed by atoms with Gasteiger partial charge in [-0.25, -0.2) is 4.98 Å². The van der Waals surface area contributed by atoms with Gasteiger partial charge < -0.3 is 19.1 Å². The number of nitrogens with zero attached hydrogens (tertiary/aromatic N) is 4. The van der Waals surface area contributed by atoms with Crippen molar-refractivity contribution in [2.24, 2.45) is 0 Å². The van der Waals surface area contributed by atoms with Crippen molar-refractivity contribution in [1.29, 1.82) is 0 Å². The summed E-state index contributed by atoms with van der Waals surface area (Å²) in [6.07, 6.45) is 3.91. The van der Waals surface area contributed by atoms with Gasteiger partial charge >= 0.3 is 0 Å². The summed E-state index contributed by atoms with van der Waals surface area (Å²) in [6.45, 7) is 28.8.